The van der Waals surface area contributed by atoms with Gasteiger partial charge in [-0.1, -0.05) is 54.6 Å². The first-order valence-corrected chi connectivity index (χ1v) is 34.7. The molecule has 0 saturated carbocycles. The van der Waals surface area contributed by atoms with Crippen LogP contribution in [0.3, 0.4) is 0 Å². The lowest BCUT2D eigenvalue weighted by atomic mass is 9.96. The van der Waals surface area contributed by atoms with Gasteiger partial charge < -0.3 is 41.1 Å². The summed E-state index contributed by atoms with van der Waals surface area (Å²) in [5, 5.41) is 41.8. The summed E-state index contributed by atoms with van der Waals surface area (Å²) in [4.78, 5) is 95.8. The Morgan fingerprint density at radius 1 is 0.467 bits per heavy atom. The maximum absolute atomic E-state index is 14.4. The fourth-order valence-electron chi connectivity index (χ4n) is 13.0. The molecule has 0 fully saturated rings. The molecule has 12 aromatic rings. The summed E-state index contributed by atoms with van der Waals surface area (Å²) in [5.74, 6) is 0.485. The van der Waals surface area contributed by atoms with E-state index in [1.807, 2.05) is 12.1 Å². The first-order valence-electron chi connectivity index (χ1n) is 34.7. The van der Waals surface area contributed by atoms with Crippen LogP contribution in [-0.2, 0) is 74.8 Å². The molecule has 0 aliphatic carbocycles. The number of hydrogen-bond acceptors (Lipinski definition) is 23. The molecular weight excluding hydrogens is 1370 g/mol. The zero-order valence-electron chi connectivity index (χ0n) is 60.9. The molecule has 0 atom stereocenters. The highest BCUT2D eigenvalue weighted by Gasteiger charge is 2.39. The molecule has 29 nitrogen and oxygen atoms in total. The molecule has 552 valence electrons. The molecule has 3 aliphatic heterocycles. The number of nitrogens with zero attached hydrogens (tertiary/aromatic N) is 20. The molecule has 14 heterocycles. The number of pyridine rings is 5. The van der Waals surface area contributed by atoms with Crippen molar-refractivity contribution in [2.75, 3.05) is 56.7 Å². The van der Waals surface area contributed by atoms with Crippen molar-refractivity contribution >= 4 is 68.3 Å². The molecule has 1 aromatic carbocycles. The minimum atomic E-state index is -2.93. The van der Waals surface area contributed by atoms with E-state index in [0.717, 1.165) is 50.4 Å². The first-order chi connectivity index (χ1) is 51.0. The molecular formula is C76H83F2N23O6. The molecule has 3 aliphatic rings. The van der Waals surface area contributed by atoms with Crippen molar-refractivity contribution in [1.29, 1.82) is 0 Å². The van der Waals surface area contributed by atoms with Gasteiger partial charge in [-0.05, 0) is 146 Å². The second-order valence-electron chi connectivity index (χ2n) is 28.3. The van der Waals surface area contributed by atoms with E-state index in [-0.39, 0.29) is 59.8 Å². The van der Waals surface area contributed by atoms with Crippen LogP contribution in [0, 0.1) is 0 Å². The highest BCUT2D eigenvalue weighted by molar-refractivity contribution is 5.79. The molecule has 11 aromatic heterocycles. The van der Waals surface area contributed by atoms with Crippen molar-refractivity contribution in [2.45, 2.75) is 116 Å². The molecule has 31 heteroatoms. The van der Waals surface area contributed by atoms with E-state index in [9.17, 15) is 38.5 Å². The Labute approximate surface area is 613 Å². The van der Waals surface area contributed by atoms with E-state index < -0.39 is 22.7 Å². The van der Waals surface area contributed by atoms with E-state index in [1.54, 1.807) is 152 Å². The minimum absolute atomic E-state index is 0.0145. The van der Waals surface area contributed by atoms with Gasteiger partial charge in [0.05, 0.1) is 49.0 Å². The summed E-state index contributed by atoms with van der Waals surface area (Å²) in [6, 6.07) is 28.4. The van der Waals surface area contributed by atoms with Gasteiger partial charge in [-0.15, -0.1) is 19.7 Å². The number of aromatic nitrogens is 17. The molecule has 107 heavy (non-hydrogen) atoms. The predicted molar refractivity (Wildman–Crippen MR) is 404 cm³/mol. The van der Waals surface area contributed by atoms with E-state index in [0.29, 0.717) is 104 Å². The lowest BCUT2D eigenvalue weighted by molar-refractivity contribution is -0.0454. The van der Waals surface area contributed by atoms with Gasteiger partial charge in [-0.25, -0.2) is 68.0 Å². The van der Waals surface area contributed by atoms with Crippen LogP contribution in [-0.4, -0.2) is 154 Å². The Bertz CT molecular complexity index is 5620. The Morgan fingerprint density at radius 3 is 1.31 bits per heavy atom. The van der Waals surface area contributed by atoms with E-state index in [2.05, 4.69) is 117 Å². The number of rotatable bonds is 18. The zero-order valence-corrected chi connectivity index (χ0v) is 60.9. The van der Waals surface area contributed by atoms with Crippen molar-refractivity contribution in [2.24, 2.45) is 0 Å². The van der Waals surface area contributed by atoms with Crippen molar-refractivity contribution in [3.05, 3.63) is 235 Å². The number of halogens is 2. The van der Waals surface area contributed by atoms with Crippen LogP contribution in [0.25, 0.3) is 50.6 Å². The van der Waals surface area contributed by atoms with E-state index >= 15 is 0 Å². The summed E-state index contributed by atoms with van der Waals surface area (Å²) < 4.78 is 38.1. The third-order valence-corrected chi connectivity index (χ3v) is 18.3. The Kier molecular flexibility index (Phi) is 20.1. The topological polar surface area (TPSA) is 329 Å². The van der Waals surface area contributed by atoms with Gasteiger partial charge in [0.15, 0.2) is 34.4 Å². The van der Waals surface area contributed by atoms with Crippen LogP contribution in [0.4, 0.5) is 43.9 Å². The molecule has 6 N–H and O–H groups in total. The lowest BCUT2D eigenvalue weighted by Crippen LogP contribution is -2.38. The first kappa shape index (κ1) is 73.6. The third kappa shape index (κ3) is 15.4. The predicted octanol–water partition coefficient (Wildman–Crippen LogP) is 8.71. The normalized spacial score (nSPS) is 14.6. The van der Waals surface area contributed by atoms with Gasteiger partial charge in [-0.3, -0.25) is 19.3 Å². The van der Waals surface area contributed by atoms with Crippen molar-refractivity contribution in [3.63, 3.8) is 0 Å². The maximum atomic E-state index is 14.4. The summed E-state index contributed by atoms with van der Waals surface area (Å²) in [6.07, 6.45) is 11.2. The molecule has 0 bridgehead atoms. The number of aliphatic hydroxyl groups is 3. The quantitative estimate of drug-likeness (QED) is 0.0437. The minimum Gasteiger partial charge on any atom is -0.384 e. The number of nitrogens with one attached hydrogen (secondary N) is 3. The SMILES string of the molecule is C=CCn1c(=O)c2cnc(Nc3ccc4c(c3)CN(C)CC4(F)F)nc2n1-c1cccc(C(C)(C)O)n1.C=CCn1c(=O)c2cnc(Nc3ccc4c(n3)CCN(C)C4)nc2n1-c1cccc(C(C)(C)O)n1.C=CCn1c(=O)c2cnc(Nc3ccc4c(n3)CN(C)CC4)nc2n1-c1cccc(C(C)(C)O)n1. The average molecular weight is 1450 g/mol. The summed E-state index contributed by atoms with van der Waals surface area (Å²) in [7, 11) is 5.83. The Morgan fingerprint density at radius 2 is 0.869 bits per heavy atom. The zero-order chi connectivity index (χ0) is 76.0. The van der Waals surface area contributed by atoms with Crippen molar-refractivity contribution in [1.82, 2.24) is 97.6 Å². The largest absolute Gasteiger partial charge is 0.384 e. The van der Waals surface area contributed by atoms with Crippen LogP contribution in [0.2, 0.25) is 0 Å². The molecule has 0 radical (unpaired) electrons. The van der Waals surface area contributed by atoms with Crippen LogP contribution in [0.15, 0.2) is 168 Å². The van der Waals surface area contributed by atoms with Crippen LogP contribution < -0.4 is 32.6 Å². The average Bonchev–Trinajstić information content (AvgIpc) is 1.54. The summed E-state index contributed by atoms with van der Waals surface area (Å²) in [5.41, 5.74) is 3.81. The third-order valence-electron chi connectivity index (χ3n) is 18.3. The van der Waals surface area contributed by atoms with E-state index in [4.69, 9.17) is 9.97 Å². The summed E-state index contributed by atoms with van der Waals surface area (Å²) >= 11 is 0. The van der Waals surface area contributed by atoms with Crippen molar-refractivity contribution < 1.29 is 24.1 Å². The molecule has 0 amide bonds. The van der Waals surface area contributed by atoms with Gasteiger partial charge in [-0.2, -0.15) is 23.7 Å². The van der Waals surface area contributed by atoms with Crippen LogP contribution in [0.5, 0.6) is 0 Å². The van der Waals surface area contributed by atoms with Crippen LogP contribution >= 0.6 is 0 Å². The van der Waals surface area contributed by atoms with Gasteiger partial charge in [0.2, 0.25) is 17.8 Å². The summed E-state index contributed by atoms with van der Waals surface area (Å²) in [6.45, 7) is 25.6. The molecule has 0 saturated heterocycles. The van der Waals surface area contributed by atoms with Gasteiger partial charge in [0, 0.05) is 74.7 Å². The molecule has 0 unspecified atom stereocenters. The number of allylic oxidation sites excluding steroid dienone is 3. The number of fused-ring (bicyclic) bond motifs is 6. The number of anilines is 6. The number of hydrogen-bond donors (Lipinski definition) is 6. The fraction of sp³-hybridized carbons (Fsp3) is 0.316. The second kappa shape index (κ2) is 29.3. The lowest BCUT2D eigenvalue weighted by Gasteiger charge is -2.32. The second-order valence-corrected chi connectivity index (χ2v) is 28.3. The Hall–Kier alpha value is -11.7. The number of alkyl halides is 2. The highest BCUT2D eigenvalue weighted by Crippen LogP contribution is 2.38. The van der Waals surface area contributed by atoms with E-state index in [1.165, 1.54) is 49.8 Å². The smallest absolute Gasteiger partial charge is 0.285 e. The number of likely N-dealkylation sites (N-methyl/N-ethyl adjacent to an activating group) is 3. The molecule has 0 spiro atoms. The number of benzene rings is 1. The molecule has 15 rings (SSSR count). The fourth-order valence-corrected chi connectivity index (χ4v) is 13.0. The van der Waals surface area contributed by atoms with Gasteiger partial charge >= 0.3 is 0 Å². The van der Waals surface area contributed by atoms with Gasteiger partial charge in [0.1, 0.15) is 44.6 Å². The van der Waals surface area contributed by atoms with Gasteiger partial charge in [0.25, 0.3) is 22.6 Å². The Balaban J connectivity index is 0.000000142. The highest BCUT2D eigenvalue weighted by atomic mass is 19.3. The van der Waals surface area contributed by atoms with Crippen molar-refractivity contribution in [3.8, 4) is 17.5 Å². The maximum Gasteiger partial charge on any atom is 0.285 e. The monoisotopic (exact) mass is 1450 g/mol. The standard InChI is InChI=1S/C26H27F2N7O2.2C25H28N8O2/c1-5-11-34-23(36)18-13-29-24(30-17-9-10-19-16(12-17)14-33(4)15-26(19,27)28)32-22(18)35(34)21-8-6-7-20(31-21)25(2,3)37;1-5-12-32-23(34)17-14-26-24(29-20-10-9-16-15-31(4)13-11-18(16)27-20)30-22(17)33(32)21-8-6-7-19(28-21)25(2,3)35;1-5-12-32-23(34)17-14-26-24(29-20-10-9-16-11-13-31(4)15-18(16)27-20)30-22(17)33(32)21-8-6-7-19(28-21)25(2,3)35/h5-10,12-13,37H,1,11,14-15H2,2-4H3,(H,29,30,32);2*5-10,14,35H,1,11-13,15H2,2-4H3,(H,26,27,29,30). The van der Waals surface area contributed by atoms with Crippen LogP contribution in [0.1, 0.15) is 92.3 Å².